The van der Waals surface area contributed by atoms with E-state index < -0.39 is 74.6 Å². The number of aliphatic hydroxyl groups is 8. The van der Waals surface area contributed by atoms with Gasteiger partial charge < -0.3 is 60.5 Å². The van der Waals surface area contributed by atoms with Crippen LogP contribution in [0.15, 0.2) is 0 Å². The molecule has 0 aromatic carbocycles. The van der Waals surface area contributed by atoms with Crippen molar-refractivity contribution in [3.05, 3.63) is 0 Å². The number of ether oxygens (including phenoxy) is 3. The zero-order chi connectivity index (χ0) is 17.4. The molecule has 0 aromatic heterocycles. The first-order valence-corrected chi connectivity index (χ1v) is 7.05. The molecule has 2 fully saturated rings. The Morgan fingerprint density at radius 1 is 0.800 bits per heavy atom. The average molecular weight is 402 g/mol. The van der Waals surface area contributed by atoms with E-state index in [1.165, 1.54) is 0 Å². The van der Waals surface area contributed by atoms with Crippen LogP contribution >= 0.6 is 0 Å². The third kappa shape index (κ3) is 4.80. The van der Waals surface area contributed by atoms with Gasteiger partial charge in [0.1, 0.15) is 49.3 Å². The molecule has 9 atom stereocenters. The zero-order valence-corrected chi connectivity index (χ0v) is 12.5. The van der Waals surface area contributed by atoms with E-state index in [9.17, 15) is 30.6 Å². The predicted molar refractivity (Wildman–Crippen MR) is 80.8 cm³/mol. The summed E-state index contributed by atoms with van der Waals surface area (Å²) in [5.41, 5.74) is 0. The van der Waals surface area contributed by atoms with Crippen molar-refractivity contribution < 1.29 is 60.5 Å². The van der Waals surface area contributed by atoms with Gasteiger partial charge in [-0.15, -0.1) is 0 Å². The fourth-order valence-electron chi connectivity index (χ4n) is 2.63. The summed E-state index contributed by atoms with van der Waals surface area (Å²) in [5, 5.41) is 76.7. The topological polar surface area (TPSA) is 221 Å². The van der Waals surface area contributed by atoms with Gasteiger partial charge in [0.15, 0.2) is 6.29 Å². The van der Waals surface area contributed by atoms with E-state index >= 15 is 0 Å². The van der Waals surface area contributed by atoms with Gasteiger partial charge in [-0.1, -0.05) is 0 Å². The van der Waals surface area contributed by atoms with Crippen molar-refractivity contribution in [2.75, 3.05) is 19.8 Å². The number of hydrogen-bond donors (Lipinski definition) is 8. The zero-order valence-electron chi connectivity index (χ0n) is 12.5. The molecule has 13 heteroatoms. The van der Waals surface area contributed by atoms with E-state index in [4.69, 9.17) is 24.4 Å². The van der Waals surface area contributed by atoms with Crippen LogP contribution in [0.4, 0.5) is 0 Å². The number of aliphatic hydroxyl groups excluding tert-OH is 8. The van der Waals surface area contributed by atoms with Crippen LogP contribution in [0, 0.1) is 0 Å². The first kappa shape index (κ1) is 25.8. The minimum atomic E-state index is -2.22. The van der Waals surface area contributed by atoms with Gasteiger partial charge in [0.2, 0.25) is 5.79 Å². The first-order chi connectivity index (χ1) is 10.8. The van der Waals surface area contributed by atoms with Gasteiger partial charge in [0, 0.05) is 0 Å². The third-order valence-corrected chi connectivity index (χ3v) is 4.07. The van der Waals surface area contributed by atoms with Crippen LogP contribution in [0.2, 0.25) is 0 Å². The van der Waals surface area contributed by atoms with Gasteiger partial charge in [0.25, 0.3) is 0 Å². The molecule has 0 aliphatic carbocycles. The summed E-state index contributed by atoms with van der Waals surface area (Å²) in [7, 11) is 0. The Labute approximate surface area is 172 Å². The summed E-state index contributed by atoms with van der Waals surface area (Å²) in [4.78, 5) is 0. The van der Waals surface area contributed by atoms with Gasteiger partial charge in [-0.05, 0) is 0 Å². The summed E-state index contributed by atoms with van der Waals surface area (Å²) in [5.74, 6) is -2.22. The minimum absolute atomic E-state index is 0. The maximum absolute atomic E-state index is 10.00. The van der Waals surface area contributed by atoms with Crippen LogP contribution in [-0.4, -0.2) is 159 Å². The van der Waals surface area contributed by atoms with Crippen LogP contribution < -0.4 is 0 Å². The molecule has 0 bridgehead atoms. The van der Waals surface area contributed by atoms with Crippen LogP contribution in [0.3, 0.4) is 0 Å². The van der Waals surface area contributed by atoms with Crippen molar-refractivity contribution in [3.63, 3.8) is 0 Å². The molecule has 2 heterocycles. The van der Waals surface area contributed by atoms with Crippen LogP contribution in [-0.2, 0) is 14.2 Å². The van der Waals surface area contributed by atoms with Gasteiger partial charge in [-0.2, -0.15) is 0 Å². The second-order valence-electron chi connectivity index (χ2n) is 5.56. The molecule has 12 nitrogen and oxygen atoms in total. The molecule has 0 amide bonds. The van der Waals surface area contributed by atoms with Crippen LogP contribution in [0.25, 0.3) is 0 Å². The molecule has 0 unspecified atom stereocenters. The Hall–Kier alpha value is 0.780. The maximum atomic E-state index is 10.00. The quantitative estimate of drug-likeness (QED) is 0.202. The Kier molecular flexibility index (Phi) is 10.7. The summed E-state index contributed by atoms with van der Waals surface area (Å²) < 4.78 is 15.4. The summed E-state index contributed by atoms with van der Waals surface area (Å²) in [6.45, 7) is -2.32. The van der Waals surface area contributed by atoms with Crippen molar-refractivity contribution in [1.29, 1.82) is 0 Å². The summed E-state index contributed by atoms with van der Waals surface area (Å²) in [6.07, 6.45) is -12.7. The number of rotatable bonds is 5. The molecule has 10 N–H and O–H groups in total. The number of hydrogen-bond acceptors (Lipinski definition) is 11. The van der Waals surface area contributed by atoms with Crippen molar-refractivity contribution in [2.45, 2.75) is 54.8 Å². The Balaban J connectivity index is 0.00000288. The molecule has 0 radical (unpaired) electrons. The van der Waals surface area contributed by atoms with E-state index in [-0.39, 0.29) is 43.2 Å². The molecule has 0 spiro atoms. The molecule has 2 aliphatic heterocycles. The molecule has 0 aromatic rings. The summed E-state index contributed by atoms with van der Waals surface area (Å²) in [6, 6.07) is 0. The van der Waals surface area contributed by atoms with Crippen molar-refractivity contribution >= 4 is 37.7 Å². The Morgan fingerprint density at radius 2 is 1.36 bits per heavy atom. The second kappa shape index (κ2) is 10.4. The van der Waals surface area contributed by atoms with Crippen molar-refractivity contribution in [1.82, 2.24) is 0 Å². The molecular weight excluding hydrogens is 376 g/mol. The van der Waals surface area contributed by atoms with Crippen molar-refractivity contribution in [3.8, 4) is 0 Å². The third-order valence-electron chi connectivity index (χ3n) is 4.07. The standard InChI is InChI=1S/C12H22O11.Ca.H2O.2H/c13-1-4-6(16)8(18)9(19)11(21-4)23-12(3-15)10(20)7(17)5(2-14)22-12;;;;/h4-11,13-20H,1-3H2;;1H2;;/t4-,5-,6-,7-,8+,9-,10+,11-,12+;;;;/m1..../s1. The molecular formula is C12H26CaO12. The Bertz CT molecular complexity index is 400. The fraction of sp³-hybridized carbons (Fsp3) is 1.00. The predicted octanol–water partition coefficient (Wildman–Crippen LogP) is -7.14. The molecule has 2 rings (SSSR count). The van der Waals surface area contributed by atoms with E-state index in [0.717, 1.165) is 0 Å². The van der Waals surface area contributed by atoms with E-state index in [2.05, 4.69) is 0 Å². The molecule has 148 valence electrons. The van der Waals surface area contributed by atoms with Crippen LogP contribution in [0.5, 0.6) is 0 Å². The monoisotopic (exact) mass is 402 g/mol. The van der Waals surface area contributed by atoms with Gasteiger partial charge in [0.05, 0.1) is 13.2 Å². The van der Waals surface area contributed by atoms with Crippen molar-refractivity contribution in [2.24, 2.45) is 0 Å². The Morgan fingerprint density at radius 3 is 1.80 bits per heavy atom. The molecule has 2 saturated heterocycles. The molecule has 25 heavy (non-hydrogen) atoms. The summed E-state index contributed by atoms with van der Waals surface area (Å²) >= 11 is 0. The SMILES string of the molecule is O.OC[C@H]1O[C@@](CO)(O[C@H]2O[C@H](CO)[C@@H](O)[C@H](O)[C@H]2O)[C@@H](O)[C@@H]1O.[CaH2]. The average Bonchev–Trinajstić information content (AvgIpc) is 2.80. The van der Waals surface area contributed by atoms with Gasteiger partial charge >= 0.3 is 37.7 Å². The van der Waals surface area contributed by atoms with E-state index in [1.54, 1.807) is 0 Å². The second-order valence-corrected chi connectivity index (χ2v) is 5.56. The first-order valence-electron chi connectivity index (χ1n) is 7.05. The molecule has 0 saturated carbocycles. The van der Waals surface area contributed by atoms with E-state index in [0.29, 0.717) is 0 Å². The van der Waals surface area contributed by atoms with Gasteiger partial charge in [-0.25, -0.2) is 0 Å². The van der Waals surface area contributed by atoms with E-state index in [1.807, 2.05) is 0 Å². The normalized spacial score (nSPS) is 47.0. The fourth-order valence-corrected chi connectivity index (χ4v) is 2.63. The molecule has 2 aliphatic rings. The van der Waals surface area contributed by atoms with Crippen LogP contribution in [0.1, 0.15) is 0 Å². The van der Waals surface area contributed by atoms with Gasteiger partial charge in [-0.3, -0.25) is 0 Å².